The van der Waals surface area contributed by atoms with Crippen molar-refractivity contribution in [2.24, 2.45) is 0 Å². The number of unbranched alkanes of at least 4 members (excludes halogenated alkanes) is 13. The van der Waals surface area contributed by atoms with Gasteiger partial charge in [-0.3, -0.25) is 0 Å². The van der Waals surface area contributed by atoms with Gasteiger partial charge in [0.05, 0.1) is 11.9 Å². The van der Waals surface area contributed by atoms with Gasteiger partial charge in [-0.05, 0) is 123 Å². The van der Waals surface area contributed by atoms with Crippen molar-refractivity contribution in [3.63, 3.8) is 0 Å². The van der Waals surface area contributed by atoms with Crippen LogP contribution < -0.4 is 0 Å². The molecule has 0 saturated carbocycles. The van der Waals surface area contributed by atoms with Crippen molar-refractivity contribution >= 4 is 0 Å². The summed E-state index contributed by atoms with van der Waals surface area (Å²) in [4.78, 5) is 2.26. The number of hydrogen-bond donors (Lipinski definition) is 0. The Kier molecular flexibility index (Phi) is 36.7. The van der Waals surface area contributed by atoms with Crippen molar-refractivity contribution in [1.29, 1.82) is 0 Å². The minimum atomic E-state index is 0.354. The number of hydrogen-bond acceptors (Lipinski definition) is 2. The Labute approximate surface area is 295 Å². The Balaban J connectivity index is 4.13. The molecule has 0 aromatic heterocycles. The summed E-state index contributed by atoms with van der Waals surface area (Å²) in [5.41, 5.74) is 0. The van der Waals surface area contributed by atoms with E-state index in [1.54, 1.807) is 0 Å². The lowest BCUT2D eigenvalue weighted by atomic mass is 10.0. The van der Waals surface area contributed by atoms with Crippen molar-refractivity contribution in [2.75, 3.05) is 20.6 Å². The number of rotatable bonds is 35. The van der Waals surface area contributed by atoms with E-state index in [1.807, 2.05) is 0 Å². The smallest absolute Gasteiger partial charge is 0.0982 e. The topological polar surface area (TPSA) is 12.5 Å². The van der Waals surface area contributed by atoms with E-state index in [1.165, 1.54) is 128 Å². The first kappa shape index (κ1) is 44.9. The molecule has 0 fully saturated rings. The van der Waals surface area contributed by atoms with Gasteiger partial charge >= 0.3 is 0 Å². The zero-order valence-corrected chi connectivity index (χ0v) is 32.0. The third-order valence-electron chi connectivity index (χ3n) is 8.44. The fraction of sp³-hybridized carbons (Fsp3) is 0.689. The molecule has 0 N–H and O–H groups in total. The van der Waals surface area contributed by atoms with Gasteiger partial charge in [0, 0.05) is 6.42 Å². The maximum atomic E-state index is 6.46. The molecule has 0 amide bonds. The van der Waals surface area contributed by atoms with Crippen molar-refractivity contribution in [3.05, 3.63) is 85.3 Å². The Hall–Kier alpha value is -2.06. The molecule has 0 aliphatic rings. The van der Waals surface area contributed by atoms with Crippen LogP contribution in [0.3, 0.4) is 0 Å². The van der Waals surface area contributed by atoms with Crippen LogP contribution in [0.2, 0.25) is 0 Å². The molecule has 270 valence electrons. The average molecular weight is 650 g/mol. The van der Waals surface area contributed by atoms with Crippen LogP contribution in [0.1, 0.15) is 174 Å². The lowest BCUT2D eigenvalue weighted by Gasteiger charge is -2.21. The van der Waals surface area contributed by atoms with E-state index in [2.05, 4.69) is 112 Å². The SMILES string of the molecule is C=C(CCCCN(C)C)OC(CCCCCCC/C=C\C/C=C\C/C=C\CCC)CCCCCCC/C=C\C/C=C\C/C=C\CCC. The molecule has 0 saturated heterocycles. The average Bonchev–Trinajstić information content (AvgIpc) is 3.06. The Morgan fingerprint density at radius 2 is 0.872 bits per heavy atom. The highest BCUT2D eigenvalue weighted by Gasteiger charge is 2.11. The van der Waals surface area contributed by atoms with Gasteiger partial charge in [-0.1, -0.05) is 145 Å². The van der Waals surface area contributed by atoms with Gasteiger partial charge in [0.1, 0.15) is 0 Å². The second-order valence-electron chi connectivity index (χ2n) is 13.6. The number of allylic oxidation sites excluding steroid dienone is 13. The zero-order valence-electron chi connectivity index (χ0n) is 32.0. The van der Waals surface area contributed by atoms with Crippen LogP contribution >= 0.6 is 0 Å². The summed E-state index contributed by atoms with van der Waals surface area (Å²) in [5, 5.41) is 0. The van der Waals surface area contributed by atoms with Crippen LogP contribution in [0.4, 0.5) is 0 Å². The first-order valence-corrected chi connectivity index (χ1v) is 20.0. The second kappa shape index (κ2) is 38.4. The summed E-state index contributed by atoms with van der Waals surface area (Å²) in [7, 11) is 4.30. The first-order valence-electron chi connectivity index (χ1n) is 20.0. The Morgan fingerprint density at radius 1 is 0.489 bits per heavy atom. The number of ether oxygens (including phenoxy) is 1. The van der Waals surface area contributed by atoms with Gasteiger partial charge in [0.15, 0.2) is 0 Å². The van der Waals surface area contributed by atoms with Crippen molar-refractivity contribution < 1.29 is 4.74 Å². The lowest BCUT2D eigenvalue weighted by molar-refractivity contribution is 0.0894. The normalized spacial score (nSPS) is 12.7. The van der Waals surface area contributed by atoms with Gasteiger partial charge in [0.25, 0.3) is 0 Å². The molecule has 0 unspecified atom stereocenters. The summed E-state index contributed by atoms with van der Waals surface area (Å²) in [5.74, 6) is 1.01. The second-order valence-corrected chi connectivity index (χ2v) is 13.6. The summed E-state index contributed by atoms with van der Waals surface area (Å²) < 4.78 is 6.46. The fourth-order valence-corrected chi connectivity index (χ4v) is 5.52. The summed E-state index contributed by atoms with van der Waals surface area (Å²) >= 11 is 0. The molecular formula is C45H79NO. The van der Waals surface area contributed by atoms with E-state index in [0.717, 1.165) is 44.4 Å². The molecule has 0 aliphatic heterocycles. The largest absolute Gasteiger partial charge is 0.495 e. The third kappa shape index (κ3) is 38.3. The van der Waals surface area contributed by atoms with Crippen LogP contribution in [0.15, 0.2) is 85.3 Å². The summed E-state index contributed by atoms with van der Waals surface area (Å²) in [6.07, 6.45) is 58.6. The molecule has 0 aliphatic carbocycles. The van der Waals surface area contributed by atoms with Crippen LogP contribution in [-0.4, -0.2) is 31.6 Å². The Morgan fingerprint density at radius 3 is 1.30 bits per heavy atom. The molecule has 0 atom stereocenters. The standard InChI is InChI=1S/C45H79NO/c1-6-8-10-12-14-16-18-20-22-24-26-28-30-32-34-36-41-45(47-44(3)40-38-39-43-46(4)5)42-37-35-33-31-29-27-25-23-21-19-17-15-13-11-9-7-2/h10-13,16-19,22-25,45H,3,6-9,14-15,20-21,26-43H2,1-2,4-5H3/b12-10-,13-11-,18-16-,19-17-,24-22-,25-23-. The summed E-state index contributed by atoms with van der Waals surface area (Å²) in [6, 6.07) is 0. The van der Waals surface area contributed by atoms with Crippen LogP contribution in [-0.2, 0) is 4.74 Å². The molecule has 0 heterocycles. The molecule has 2 heteroatoms. The van der Waals surface area contributed by atoms with Gasteiger partial charge in [-0.2, -0.15) is 0 Å². The van der Waals surface area contributed by atoms with E-state index in [0.29, 0.717) is 6.10 Å². The van der Waals surface area contributed by atoms with Crippen LogP contribution in [0.25, 0.3) is 0 Å². The monoisotopic (exact) mass is 650 g/mol. The lowest BCUT2D eigenvalue weighted by Crippen LogP contribution is -2.14. The van der Waals surface area contributed by atoms with Crippen LogP contribution in [0.5, 0.6) is 0 Å². The van der Waals surface area contributed by atoms with E-state index in [4.69, 9.17) is 4.74 Å². The molecule has 0 radical (unpaired) electrons. The van der Waals surface area contributed by atoms with E-state index in [-0.39, 0.29) is 0 Å². The van der Waals surface area contributed by atoms with Gasteiger partial charge in [-0.25, -0.2) is 0 Å². The highest BCUT2D eigenvalue weighted by atomic mass is 16.5. The van der Waals surface area contributed by atoms with E-state index < -0.39 is 0 Å². The number of nitrogens with zero attached hydrogens (tertiary/aromatic N) is 1. The quantitative estimate of drug-likeness (QED) is 0.0385. The van der Waals surface area contributed by atoms with Crippen molar-refractivity contribution in [1.82, 2.24) is 4.90 Å². The van der Waals surface area contributed by atoms with Gasteiger partial charge in [0.2, 0.25) is 0 Å². The van der Waals surface area contributed by atoms with Gasteiger partial charge in [-0.15, -0.1) is 0 Å². The van der Waals surface area contributed by atoms with E-state index >= 15 is 0 Å². The molecule has 2 nitrogen and oxygen atoms in total. The molecule has 0 aromatic carbocycles. The molecule has 0 bridgehead atoms. The van der Waals surface area contributed by atoms with Crippen molar-refractivity contribution in [2.45, 2.75) is 180 Å². The first-order chi connectivity index (χ1) is 23.1. The Bertz CT molecular complexity index is 773. The van der Waals surface area contributed by atoms with Gasteiger partial charge < -0.3 is 9.64 Å². The maximum absolute atomic E-state index is 6.46. The minimum Gasteiger partial charge on any atom is -0.495 e. The van der Waals surface area contributed by atoms with E-state index in [9.17, 15) is 0 Å². The predicted octanol–water partition coefficient (Wildman–Crippen LogP) is 14.6. The highest BCUT2D eigenvalue weighted by Crippen LogP contribution is 2.21. The third-order valence-corrected chi connectivity index (χ3v) is 8.44. The zero-order chi connectivity index (χ0) is 34.3. The van der Waals surface area contributed by atoms with Crippen LogP contribution in [0, 0.1) is 0 Å². The molecular weight excluding hydrogens is 571 g/mol. The molecule has 47 heavy (non-hydrogen) atoms. The fourth-order valence-electron chi connectivity index (χ4n) is 5.52. The highest BCUT2D eigenvalue weighted by molar-refractivity contribution is 4.98. The molecule has 0 rings (SSSR count). The van der Waals surface area contributed by atoms with Crippen molar-refractivity contribution in [3.8, 4) is 0 Å². The minimum absolute atomic E-state index is 0.354. The molecule has 0 aromatic rings. The maximum Gasteiger partial charge on any atom is 0.0982 e. The molecule has 0 spiro atoms. The summed E-state index contributed by atoms with van der Waals surface area (Å²) in [6.45, 7) is 9.89. The predicted molar refractivity (Wildman–Crippen MR) is 214 cm³/mol.